The lowest BCUT2D eigenvalue weighted by molar-refractivity contribution is 0.415. The summed E-state index contributed by atoms with van der Waals surface area (Å²) in [5, 5.41) is 0. The fourth-order valence-corrected chi connectivity index (χ4v) is 0.884. The molecule has 0 heterocycles. The lowest BCUT2D eigenvalue weighted by Gasteiger charge is -2.06. The molecule has 0 atom stereocenters. The second-order valence-electron chi connectivity index (χ2n) is 2.33. The SMILES string of the molecule is COc1ccc(C)c(NN)c1. The van der Waals surface area contributed by atoms with Crippen LogP contribution in [0.1, 0.15) is 5.56 Å². The normalized spacial score (nSPS) is 9.36. The summed E-state index contributed by atoms with van der Waals surface area (Å²) < 4.78 is 5.02. The van der Waals surface area contributed by atoms with E-state index in [9.17, 15) is 0 Å². The molecule has 3 nitrogen and oxygen atoms in total. The van der Waals surface area contributed by atoms with E-state index < -0.39 is 0 Å². The fraction of sp³-hybridized carbons (Fsp3) is 0.250. The van der Waals surface area contributed by atoms with Crippen LogP contribution in [0.25, 0.3) is 0 Å². The molecule has 0 aliphatic carbocycles. The molecule has 0 unspecified atom stereocenters. The molecule has 0 saturated heterocycles. The lowest BCUT2D eigenvalue weighted by Crippen LogP contribution is -2.08. The summed E-state index contributed by atoms with van der Waals surface area (Å²) in [5.41, 5.74) is 4.59. The van der Waals surface area contributed by atoms with Crippen LogP contribution in [-0.4, -0.2) is 7.11 Å². The average molecular weight is 152 g/mol. The number of anilines is 1. The topological polar surface area (TPSA) is 47.3 Å². The summed E-state index contributed by atoms with van der Waals surface area (Å²) in [6.07, 6.45) is 0. The van der Waals surface area contributed by atoms with E-state index in [-0.39, 0.29) is 0 Å². The van der Waals surface area contributed by atoms with Gasteiger partial charge >= 0.3 is 0 Å². The van der Waals surface area contributed by atoms with Gasteiger partial charge in [-0.15, -0.1) is 0 Å². The van der Waals surface area contributed by atoms with Crippen molar-refractivity contribution in [2.75, 3.05) is 12.5 Å². The Morgan fingerprint density at radius 2 is 2.18 bits per heavy atom. The summed E-state index contributed by atoms with van der Waals surface area (Å²) in [4.78, 5) is 0. The lowest BCUT2D eigenvalue weighted by atomic mass is 10.2. The van der Waals surface area contributed by atoms with Gasteiger partial charge in [-0.25, -0.2) is 0 Å². The van der Waals surface area contributed by atoms with Crippen LogP contribution < -0.4 is 16.0 Å². The molecule has 3 heteroatoms. The van der Waals surface area contributed by atoms with Gasteiger partial charge in [-0.1, -0.05) is 6.07 Å². The van der Waals surface area contributed by atoms with Crippen molar-refractivity contribution in [3.8, 4) is 5.75 Å². The van der Waals surface area contributed by atoms with Crippen LogP contribution in [0, 0.1) is 6.92 Å². The number of hydrazine groups is 1. The van der Waals surface area contributed by atoms with E-state index in [1.807, 2.05) is 25.1 Å². The molecule has 0 aliphatic rings. The van der Waals surface area contributed by atoms with Gasteiger partial charge in [0.15, 0.2) is 0 Å². The monoisotopic (exact) mass is 152 g/mol. The highest BCUT2D eigenvalue weighted by atomic mass is 16.5. The molecule has 1 aromatic carbocycles. The number of rotatable bonds is 2. The van der Waals surface area contributed by atoms with Gasteiger partial charge in [-0.05, 0) is 18.6 Å². The number of hydrogen-bond donors (Lipinski definition) is 2. The van der Waals surface area contributed by atoms with Crippen LogP contribution >= 0.6 is 0 Å². The molecule has 1 aromatic rings. The van der Waals surface area contributed by atoms with Crippen LogP contribution in [0.3, 0.4) is 0 Å². The number of ether oxygens (including phenoxy) is 1. The highest BCUT2D eigenvalue weighted by Crippen LogP contribution is 2.20. The van der Waals surface area contributed by atoms with Gasteiger partial charge in [-0.2, -0.15) is 0 Å². The molecule has 0 aromatic heterocycles. The van der Waals surface area contributed by atoms with Gasteiger partial charge in [0.2, 0.25) is 0 Å². The number of nitrogens with two attached hydrogens (primary N) is 1. The molecular weight excluding hydrogens is 140 g/mol. The smallest absolute Gasteiger partial charge is 0.120 e. The van der Waals surface area contributed by atoms with E-state index in [1.165, 1.54) is 0 Å². The van der Waals surface area contributed by atoms with E-state index in [0.29, 0.717) is 0 Å². The van der Waals surface area contributed by atoms with Crippen molar-refractivity contribution in [1.82, 2.24) is 0 Å². The maximum atomic E-state index is 5.27. The zero-order valence-corrected chi connectivity index (χ0v) is 6.72. The fourth-order valence-electron chi connectivity index (χ4n) is 0.884. The number of nitrogen functional groups attached to an aromatic ring is 1. The Hall–Kier alpha value is -1.22. The van der Waals surface area contributed by atoms with E-state index >= 15 is 0 Å². The van der Waals surface area contributed by atoms with Gasteiger partial charge in [0.1, 0.15) is 5.75 Å². The quantitative estimate of drug-likeness (QED) is 0.496. The standard InChI is InChI=1S/C8H12N2O/c1-6-3-4-7(11-2)5-8(6)10-9/h3-5,10H,9H2,1-2H3. The van der Waals surface area contributed by atoms with Gasteiger partial charge < -0.3 is 10.2 Å². The van der Waals surface area contributed by atoms with Crippen LogP contribution in [0.4, 0.5) is 5.69 Å². The molecule has 0 radical (unpaired) electrons. The zero-order chi connectivity index (χ0) is 8.27. The first-order valence-electron chi connectivity index (χ1n) is 3.39. The van der Waals surface area contributed by atoms with Crippen LogP contribution in [-0.2, 0) is 0 Å². The zero-order valence-electron chi connectivity index (χ0n) is 6.72. The summed E-state index contributed by atoms with van der Waals surface area (Å²) in [5.74, 6) is 6.08. The van der Waals surface area contributed by atoms with Crippen molar-refractivity contribution in [1.29, 1.82) is 0 Å². The van der Waals surface area contributed by atoms with Crippen molar-refractivity contribution >= 4 is 5.69 Å². The Bertz CT molecular complexity index is 248. The van der Waals surface area contributed by atoms with Gasteiger partial charge in [0.25, 0.3) is 0 Å². The first-order valence-corrected chi connectivity index (χ1v) is 3.39. The molecule has 0 fully saturated rings. The first-order chi connectivity index (χ1) is 5.27. The highest BCUT2D eigenvalue weighted by molar-refractivity contribution is 5.53. The second-order valence-corrected chi connectivity index (χ2v) is 2.33. The van der Waals surface area contributed by atoms with Crippen molar-refractivity contribution in [3.63, 3.8) is 0 Å². The number of nitrogens with one attached hydrogen (secondary N) is 1. The predicted molar refractivity (Wildman–Crippen MR) is 45.5 cm³/mol. The number of aryl methyl sites for hydroxylation is 1. The summed E-state index contributed by atoms with van der Waals surface area (Å²) >= 11 is 0. The van der Waals surface area contributed by atoms with E-state index in [2.05, 4.69) is 5.43 Å². The minimum absolute atomic E-state index is 0.809. The minimum Gasteiger partial charge on any atom is -0.497 e. The molecular formula is C8H12N2O. The number of benzene rings is 1. The minimum atomic E-state index is 0.809. The third kappa shape index (κ3) is 1.62. The molecule has 1 rings (SSSR count). The van der Waals surface area contributed by atoms with Crippen molar-refractivity contribution in [2.24, 2.45) is 5.84 Å². The van der Waals surface area contributed by atoms with E-state index in [4.69, 9.17) is 10.6 Å². The third-order valence-corrected chi connectivity index (χ3v) is 1.60. The molecule has 0 saturated carbocycles. The molecule has 0 aliphatic heterocycles. The molecule has 0 bridgehead atoms. The largest absolute Gasteiger partial charge is 0.497 e. The molecule has 3 N–H and O–H groups in total. The molecule has 11 heavy (non-hydrogen) atoms. The van der Waals surface area contributed by atoms with Crippen LogP contribution in [0.2, 0.25) is 0 Å². The molecule has 60 valence electrons. The van der Waals surface area contributed by atoms with Crippen molar-refractivity contribution in [2.45, 2.75) is 6.92 Å². The Morgan fingerprint density at radius 3 is 2.73 bits per heavy atom. The Labute approximate surface area is 66.1 Å². The summed E-state index contributed by atoms with van der Waals surface area (Å²) in [7, 11) is 1.63. The van der Waals surface area contributed by atoms with E-state index in [0.717, 1.165) is 17.0 Å². The Balaban J connectivity index is 3.02. The predicted octanol–water partition coefficient (Wildman–Crippen LogP) is 1.29. The average Bonchev–Trinajstić information content (AvgIpc) is 2.05. The molecule has 0 spiro atoms. The summed E-state index contributed by atoms with van der Waals surface area (Å²) in [6.45, 7) is 1.98. The van der Waals surface area contributed by atoms with Gasteiger partial charge in [0.05, 0.1) is 12.8 Å². The Kier molecular flexibility index (Phi) is 2.33. The third-order valence-electron chi connectivity index (χ3n) is 1.60. The maximum Gasteiger partial charge on any atom is 0.120 e. The maximum absolute atomic E-state index is 5.27. The van der Waals surface area contributed by atoms with E-state index in [1.54, 1.807) is 7.11 Å². The number of methoxy groups -OCH3 is 1. The Morgan fingerprint density at radius 1 is 1.45 bits per heavy atom. The second kappa shape index (κ2) is 3.25. The van der Waals surface area contributed by atoms with Crippen LogP contribution in [0.5, 0.6) is 5.75 Å². The first kappa shape index (κ1) is 7.88. The number of hydrogen-bond acceptors (Lipinski definition) is 3. The van der Waals surface area contributed by atoms with Crippen LogP contribution in [0.15, 0.2) is 18.2 Å². The molecule has 0 amide bonds. The van der Waals surface area contributed by atoms with Gasteiger partial charge in [0, 0.05) is 6.07 Å². The summed E-state index contributed by atoms with van der Waals surface area (Å²) in [6, 6.07) is 5.71. The van der Waals surface area contributed by atoms with Gasteiger partial charge in [-0.3, -0.25) is 5.84 Å². The van der Waals surface area contributed by atoms with Crippen molar-refractivity contribution in [3.05, 3.63) is 23.8 Å². The van der Waals surface area contributed by atoms with Crippen molar-refractivity contribution < 1.29 is 4.74 Å². The highest BCUT2D eigenvalue weighted by Gasteiger charge is 1.96.